The van der Waals surface area contributed by atoms with Crippen molar-refractivity contribution in [2.75, 3.05) is 0 Å². The van der Waals surface area contributed by atoms with Gasteiger partial charge in [0.05, 0.1) is 9.85 Å². The first-order valence-electron chi connectivity index (χ1n) is 17.2. The molecule has 2 aliphatic carbocycles. The van der Waals surface area contributed by atoms with Crippen LogP contribution in [0.4, 0.5) is 11.4 Å². The molecule has 0 saturated carbocycles. The number of hydrogen-bond donors (Lipinski definition) is 2. The predicted molar refractivity (Wildman–Crippen MR) is 316 cm³/mol. The Kier molecular flexibility index (Phi) is 74.2. The van der Waals surface area contributed by atoms with E-state index >= 15 is 0 Å². The molecule has 2 aliphatic rings. The summed E-state index contributed by atoms with van der Waals surface area (Å²) in [6, 6.07) is 7.43. The van der Waals surface area contributed by atoms with E-state index in [2.05, 4.69) is 154 Å². The van der Waals surface area contributed by atoms with E-state index in [0.29, 0.717) is 11.8 Å². The van der Waals surface area contributed by atoms with Crippen LogP contribution in [-0.4, -0.2) is 27.4 Å². The molecule has 0 bridgehead atoms. The topological polar surface area (TPSA) is 179 Å². The monoisotopic (exact) mass is 1750 g/mol. The third kappa shape index (κ3) is 50.6. The van der Waals surface area contributed by atoms with Crippen molar-refractivity contribution >= 4 is 200 Å². The Bertz CT molecular complexity index is 1510. The average Bonchev–Trinajstić information content (AvgIpc) is 3.19. The Hall–Kier alpha value is 2.73. The molecule has 0 saturated heterocycles. The van der Waals surface area contributed by atoms with Gasteiger partial charge in [0, 0.05) is 22.2 Å². The number of benzene rings is 2. The maximum atomic E-state index is 10.4. The molecule has 364 valence electrons. The molecule has 0 amide bonds. The first kappa shape index (κ1) is 81.7. The minimum absolute atomic E-state index is 0. The summed E-state index contributed by atoms with van der Waals surface area (Å²) in [7, 11) is 0. The van der Waals surface area contributed by atoms with Crippen molar-refractivity contribution in [2.45, 2.75) is 96.9 Å². The van der Waals surface area contributed by atoms with Crippen LogP contribution in [0.1, 0.15) is 96.9 Å². The predicted octanol–water partition coefficient (Wildman–Crippen LogP) is 19.6. The number of hydrogen-bond acceptors (Lipinski definition) is 8. The van der Waals surface area contributed by atoms with Crippen molar-refractivity contribution in [1.82, 2.24) is 0 Å². The van der Waals surface area contributed by atoms with Crippen LogP contribution in [0, 0.1) is 32.1 Å². The zero-order valence-corrected chi connectivity index (χ0v) is 54.4. The van der Waals surface area contributed by atoms with Gasteiger partial charge in [-0.15, -0.1) is 0 Å². The summed E-state index contributed by atoms with van der Waals surface area (Å²) in [5.41, 5.74) is -0.760. The summed E-state index contributed by atoms with van der Waals surface area (Å²) in [6.45, 7) is 20.3. The van der Waals surface area contributed by atoms with Crippen LogP contribution < -0.4 is 8.37 Å². The molecule has 4 atom stereocenters. The number of nitro benzene ring substituents is 2. The number of nitrogens with zero attached hydrogens (tertiary/aromatic N) is 2. The van der Waals surface area contributed by atoms with Gasteiger partial charge in [0.1, 0.15) is 0 Å². The van der Waals surface area contributed by atoms with Gasteiger partial charge in [-0.2, -0.15) is 8.42 Å². The Morgan fingerprint density at radius 2 is 0.855 bits per heavy atom. The molecule has 4 unspecified atom stereocenters. The van der Waals surface area contributed by atoms with Crippen molar-refractivity contribution in [3.05, 3.63) is 113 Å². The summed E-state index contributed by atoms with van der Waals surface area (Å²) in [6.07, 6.45) is 14.4. The molecule has 2 N–H and O–H groups in total. The second-order valence-electron chi connectivity index (χ2n) is 8.91. The summed E-state index contributed by atoms with van der Waals surface area (Å²) in [5, 5.41) is 22.1. The van der Waals surface area contributed by atoms with Gasteiger partial charge >= 0.3 is 152 Å². The van der Waals surface area contributed by atoms with Gasteiger partial charge < -0.3 is 8.37 Å². The molecule has 0 radical (unpaired) electrons. The average molecular weight is 1750 g/mol. The molecule has 26 heteroatoms. The minimum atomic E-state index is -2.56. The van der Waals surface area contributed by atoms with Crippen molar-refractivity contribution in [2.24, 2.45) is 11.8 Å². The summed E-state index contributed by atoms with van der Waals surface area (Å²) in [4.78, 5) is 18.8. The van der Waals surface area contributed by atoms with E-state index in [-0.39, 0.29) is 57.6 Å². The second-order valence-corrected chi connectivity index (χ2v) is 82.5. The normalized spacial score (nSPS) is 14.2. The van der Waals surface area contributed by atoms with E-state index in [1.165, 1.54) is 24.3 Å². The zero-order chi connectivity index (χ0) is 48.6. The van der Waals surface area contributed by atoms with Crippen LogP contribution in [0.15, 0.2) is 82.9 Å². The molecule has 62 heavy (non-hydrogen) atoms. The van der Waals surface area contributed by atoms with E-state index in [9.17, 15) is 28.6 Å². The molecule has 2 aromatic rings. The number of nitro groups is 2. The SMILES string of the molecule is C.C.CC.CC.CC.CC.CC1CC=CC=C1Cl.CC1CC=CC=C1Cl.O=[N+]([O-])c1cccc(OS(=O)O)c1Cl.O=[N+]([O-])c1cccc(OS(=O)O)c1Cl.[I][V]([I])[I].[I][V]([I])[I]. The standard InChI is InChI=1S/2C7H9Cl.2C6H4ClNO5S.4C2H6.2CH4.6HI.2V/c2*1-6-4-2-3-5-7(6)8;2*7-6-4(8(9)10)2-1-3-5(6)13-14(11)12;4*1-2;;;;;;;;;;/h2*2-3,5-6H,4H2,1H3;2*1-3H,(H,11,12);4*1-2H3;2*1H4;6*1H;;/q;;;;;;;;;;;;;;;;2*+3/p-6. The van der Waals surface area contributed by atoms with Gasteiger partial charge in [0.2, 0.25) is 0 Å². The van der Waals surface area contributed by atoms with E-state index in [1.54, 1.807) is 0 Å². The molecule has 0 aliphatic heterocycles. The number of allylic oxidation sites excluding steroid dienone is 8. The first-order chi connectivity index (χ1) is 28.1. The molecular weight excluding hydrogens is 1690 g/mol. The first-order valence-corrected chi connectivity index (χ1v) is 47.8. The third-order valence-corrected chi connectivity index (χ3v) is 7.71. The Morgan fingerprint density at radius 1 is 0.613 bits per heavy atom. The van der Waals surface area contributed by atoms with Gasteiger partial charge in [-0.05, 0) is 49.0 Å². The fourth-order valence-corrected chi connectivity index (χ4v) is 4.47. The summed E-state index contributed by atoms with van der Waals surface area (Å²) in [5.74, 6) is 0.673. The molecule has 0 fully saturated rings. The van der Waals surface area contributed by atoms with E-state index < -0.39 is 32.6 Å². The van der Waals surface area contributed by atoms with Gasteiger partial charge in [0.25, 0.3) is 11.4 Å². The van der Waals surface area contributed by atoms with Crippen LogP contribution in [0.5, 0.6) is 11.5 Å². The van der Waals surface area contributed by atoms with Gasteiger partial charge in [0.15, 0.2) is 21.5 Å². The van der Waals surface area contributed by atoms with Crippen LogP contribution in [0.2, 0.25) is 10.0 Å². The van der Waals surface area contributed by atoms with E-state index in [0.717, 1.165) is 35.0 Å². The molecule has 0 heterocycles. The number of halogens is 10. The van der Waals surface area contributed by atoms with Gasteiger partial charge in [-0.1, -0.05) is 167 Å². The summed E-state index contributed by atoms with van der Waals surface area (Å²) < 4.78 is 45.9. The molecule has 0 spiro atoms. The van der Waals surface area contributed by atoms with E-state index in [4.69, 9.17) is 55.5 Å². The van der Waals surface area contributed by atoms with Crippen molar-refractivity contribution in [3.8, 4) is 11.5 Å². The maximum absolute atomic E-state index is 10.4. The van der Waals surface area contributed by atoms with Gasteiger partial charge in [-0.3, -0.25) is 29.3 Å². The van der Waals surface area contributed by atoms with Gasteiger partial charge in [-0.25, -0.2) is 0 Å². The van der Waals surface area contributed by atoms with Crippen LogP contribution in [0.3, 0.4) is 0 Å². The van der Waals surface area contributed by atoms with Crippen molar-refractivity contribution < 1.29 is 45.6 Å². The van der Waals surface area contributed by atoms with Crippen LogP contribution in [-0.2, 0) is 32.6 Å². The fraction of sp³-hybridized carbons (Fsp3) is 0.444. The Balaban J connectivity index is -0.0000000945. The molecule has 12 nitrogen and oxygen atoms in total. The number of rotatable bonds is 6. The Labute approximate surface area is 471 Å². The van der Waals surface area contributed by atoms with E-state index in [1.807, 2.05) is 79.7 Å². The second kappa shape index (κ2) is 56.3. The Morgan fingerprint density at radius 3 is 1.02 bits per heavy atom. The zero-order valence-electron chi connectivity index (χ0n) is 34.0. The fourth-order valence-electron chi connectivity index (χ4n) is 3.00. The summed E-state index contributed by atoms with van der Waals surface area (Å²) >= 11 is 32.3. The molecule has 0 aromatic heterocycles. The quantitative estimate of drug-likeness (QED) is 0.122. The third-order valence-electron chi connectivity index (χ3n) is 5.31. The molecule has 4 rings (SSSR count). The van der Waals surface area contributed by atoms with Crippen LogP contribution in [0.25, 0.3) is 0 Å². The molecule has 2 aromatic carbocycles. The van der Waals surface area contributed by atoms with Crippen molar-refractivity contribution in [1.29, 1.82) is 0 Å². The van der Waals surface area contributed by atoms with Crippen LogP contribution >= 0.6 is 166 Å². The molecular formula is C36H58Cl4I6N2O10S2V2. The van der Waals surface area contributed by atoms with Crippen molar-refractivity contribution in [3.63, 3.8) is 0 Å².